The van der Waals surface area contributed by atoms with Crippen LogP contribution in [-0.4, -0.2) is 35.1 Å². The summed E-state index contributed by atoms with van der Waals surface area (Å²) in [7, 11) is 2.11. The standard InChI is InChI=1S/C12H18N2O/c1-14-8-3-5-12(15,6-9-14)11-4-2-7-13-10-11/h2,4,7,10,15H,3,5-6,8-9H2,1H3. The molecule has 1 atom stereocenters. The van der Waals surface area contributed by atoms with Gasteiger partial charge < -0.3 is 10.0 Å². The topological polar surface area (TPSA) is 36.4 Å². The summed E-state index contributed by atoms with van der Waals surface area (Å²) < 4.78 is 0. The molecule has 0 radical (unpaired) electrons. The maximum absolute atomic E-state index is 10.6. The molecule has 1 aromatic heterocycles. The molecule has 1 saturated heterocycles. The Labute approximate surface area is 90.8 Å². The SMILES string of the molecule is CN1CCCC(O)(c2cccnc2)CC1. The second-order valence-corrected chi connectivity index (χ2v) is 4.43. The van der Waals surface area contributed by atoms with Gasteiger partial charge in [0, 0.05) is 24.5 Å². The van der Waals surface area contributed by atoms with Crippen LogP contribution in [0.25, 0.3) is 0 Å². The van der Waals surface area contributed by atoms with Crippen LogP contribution in [-0.2, 0) is 5.60 Å². The molecule has 3 heteroatoms. The molecule has 0 saturated carbocycles. The fraction of sp³-hybridized carbons (Fsp3) is 0.583. The van der Waals surface area contributed by atoms with Crippen LogP contribution in [0.1, 0.15) is 24.8 Å². The van der Waals surface area contributed by atoms with Crippen molar-refractivity contribution in [2.45, 2.75) is 24.9 Å². The van der Waals surface area contributed by atoms with Gasteiger partial charge in [-0.25, -0.2) is 0 Å². The summed E-state index contributed by atoms with van der Waals surface area (Å²) in [6.45, 7) is 2.02. The maximum Gasteiger partial charge on any atom is 0.0924 e. The molecule has 15 heavy (non-hydrogen) atoms. The maximum atomic E-state index is 10.6. The number of hydrogen-bond donors (Lipinski definition) is 1. The van der Waals surface area contributed by atoms with Crippen molar-refractivity contribution in [1.82, 2.24) is 9.88 Å². The third-order valence-corrected chi connectivity index (χ3v) is 3.24. The molecular formula is C12H18N2O. The van der Waals surface area contributed by atoms with Crippen molar-refractivity contribution in [3.8, 4) is 0 Å². The Hall–Kier alpha value is -0.930. The van der Waals surface area contributed by atoms with E-state index in [1.54, 1.807) is 12.4 Å². The zero-order valence-electron chi connectivity index (χ0n) is 9.19. The Morgan fingerprint density at radius 3 is 3.00 bits per heavy atom. The monoisotopic (exact) mass is 206 g/mol. The summed E-state index contributed by atoms with van der Waals surface area (Å²) in [6, 6.07) is 3.86. The van der Waals surface area contributed by atoms with Gasteiger partial charge in [-0.3, -0.25) is 4.98 Å². The van der Waals surface area contributed by atoms with Gasteiger partial charge in [0.25, 0.3) is 0 Å². The number of aromatic nitrogens is 1. The quantitative estimate of drug-likeness (QED) is 0.754. The largest absolute Gasteiger partial charge is 0.385 e. The average molecular weight is 206 g/mol. The van der Waals surface area contributed by atoms with Crippen LogP contribution in [0.2, 0.25) is 0 Å². The number of pyridine rings is 1. The molecule has 1 fully saturated rings. The van der Waals surface area contributed by atoms with Crippen molar-refractivity contribution in [2.75, 3.05) is 20.1 Å². The zero-order valence-corrected chi connectivity index (χ0v) is 9.19. The third kappa shape index (κ3) is 2.36. The molecule has 82 valence electrons. The van der Waals surface area contributed by atoms with E-state index in [-0.39, 0.29) is 0 Å². The summed E-state index contributed by atoms with van der Waals surface area (Å²) in [5, 5.41) is 10.6. The molecule has 0 amide bonds. The predicted molar refractivity (Wildman–Crippen MR) is 59.5 cm³/mol. The highest BCUT2D eigenvalue weighted by Crippen LogP contribution is 2.31. The van der Waals surface area contributed by atoms with Crippen LogP contribution >= 0.6 is 0 Å². The first-order chi connectivity index (χ1) is 7.21. The van der Waals surface area contributed by atoms with Gasteiger partial charge in [0.2, 0.25) is 0 Å². The molecule has 1 aromatic rings. The molecule has 1 N–H and O–H groups in total. The van der Waals surface area contributed by atoms with Crippen LogP contribution in [0.15, 0.2) is 24.5 Å². The minimum Gasteiger partial charge on any atom is -0.385 e. The van der Waals surface area contributed by atoms with E-state index in [1.165, 1.54) is 0 Å². The minimum absolute atomic E-state index is 0.668. The first-order valence-electron chi connectivity index (χ1n) is 5.52. The Balaban J connectivity index is 2.19. The van der Waals surface area contributed by atoms with Gasteiger partial charge in [0.1, 0.15) is 0 Å². The first-order valence-corrected chi connectivity index (χ1v) is 5.52. The van der Waals surface area contributed by atoms with E-state index in [0.717, 1.165) is 37.9 Å². The van der Waals surface area contributed by atoms with E-state index in [0.29, 0.717) is 0 Å². The Morgan fingerprint density at radius 1 is 1.40 bits per heavy atom. The summed E-state index contributed by atoms with van der Waals surface area (Å²) >= 11 is 0. The lowest BCUT2D eigenvalue weighted by Crippen LogP contribution is -2.27. The van der Waals surface area contributed by atoms with Crippen molar-refractivity contribution in [2.24, 2.45) is 0 Å². The predicted octanol–water partition coefficient (Wildman–Crippen LogP) is 1.38. The van der Waals surface area contributed by atoms with Gasteiger partial charge in [-0.05, 0) is 38.9 Å². The Bertz CT molecular complexity index is 315. The lowest BCUT2D eigenvalue weighted by atomic mass is 9.88. The van der Waals surface area contributed by atoms with Gasteiger partial charge in [0.05, 0.1) is 5.60 Å². The highest BCUT2D eigenvalue weighted by Gasteiger charge is 2.31. The molecule has 1 aliphatic heterocycles. The summed E-state index contributed by atoms with van der Waals surface area (Å²) in [6.07, 6.45) is 6.21. The molecule has 0 aliphatic carbocycles. The van der Waals surface area contributed by atoms with Gasteiger partial charge in [-0.15, -0.1) is 0 Å². The van der Waals surface area contributed by atoms with E-state index in [9.17, 15) is 5.11 Å². The molecule has 1 aliphatic rings. The van der Waals surface area contributed by atoms with E-state index in [4.69, 9.17) is 0 Å². The fourth-order valence-corrected chi connectivity index (χ4v) is 2.18. The van der Waals surface area contributed by atoms with Gasteiger partial charge in [-0.2, -0.15) is 0 Å². The lowest BCUT2D eigenvalue weighted by Gasteiger charge is -2.26. The van der Waals surface area contributed by atoms with Crippen LogP contribution < -0.4 is 0 Å². The normalized spacial score (nSPS) is 28.7. The van der Waals surface area contributed by atoms with E-state index in [1.807, 2.05) is 12.1 Å². The number of hydrogen-bond acceptors (Lipinski definition) is 3. The minimum atomic E-state index is -0.668. The third-order valence-electron chi connectivity index (χ3n) is 3.24. The molecule has 0 aromatic carbocycles. The molecule has 2 rings (SSSR count). The van der Waals surface area contributed by atoms with Crippen molar-refractivity contribution < 1.29 is 5.11 Å². The van der Waals surface area contributed by atoms with Crippen molar-refractivity contribution in [3.05, 3.63) is 30.1 Å². The highest BCUT2D eigenvalue weighted by molar-refractivity contribution is 5.18. The Morgan fingerprint density at radius 2 is 2.27 bits per heavy atom. The van der Waals surface area contributed by atoms with E-state index >= 15 is 0 Å². The molecule has 0 bridgehead atoms. The Kier molecular flexibility index (Phi) is 3.03. The molecule has 2 heterocycles. The summed E-state index contributed by atoms with van der Waals surface area (Å²) in [4.78, 5) is 6.35. The van der Waals surface area contributed by atoms with Gasteiger partial charge in [0.15, 0.2) is 0 Å². The second kappa shape index (κ2) is 4.29. The molecule has 1 unspecified atom stereocenters. The molecule has 0 spiro atoms. The molecule has 3 nitrogen and oxygen atoms in total. The van der Waals surface area contributed by atoms with Crippen molar-refractivity contribution in [3.63, 3.8) is 0 Å². The number of aliphatic hydroxyl groups is 1. The van der Waals surface area contributed by atoms with E-state index in [2.05, 4.69) is 16.9 Å². The molecular weight excluding hydrogens is 188 g/mol. The van der Waals surface area contributed by atoms with Crippen LogP contribution in [0, 0.1) is 0 Å². The smallest absolute Gasteiger partial charge is 0.0924 e. The average Bonchev–Trinajstić information content (AvgIpc) is 2.44. The zero-order chi connectivity index (χ0) is 10.7. The number of rotatable bonds is 1. The van der Waals surface area contributed by atoms with Crippen LogP contribution in [0.4, 0.5) is 0 Å². The van der Waals surface area contributed by atoms with Crippen molar-refractivity contribution >= 4 is 0 Å². The van der Waals surface area contributed by atoms with E-state index < -0.39 is 5.60 Å². The van der Waals surface area contributed by atoms with Gasteiger partial charge >= 0.3 is 0 Å². The fourth-order valence-electron chi connectivity index (χ4n) is 2.18. The van der Waals surface area contributed by atoms with Gasteiger partial charge in [-0.1, -0.05) is 6.07 Å². The summed E-state index contributed by atoms with van der Waals surface area (Å²) in [5.41, 5.74) is 0.291. The first kappa shape index (κ1) is 10.6. The lowest BCUT2D eigenvalue weighted by molar-refractivity contribution is 0.0215. The van der Waals surface area contributed by atoms with Crippen LogP contribution in [0.5, 0.6) is 0 Å². The number of nitrogens with zero attached hydrogens (tertiary/aromatic N) is 2. The van der Waals surface area contributed by atoms with Crippen molar-refractivity contribution in [1.29, 1.82) is 0 Å². The second-order valence-electron chi connectivity index (χ2n) is 4.43. The number of likely N-dealkylation sites (tertiary alicyclic amines) is 1. The summed E-state index contributed by atoms with van der Waals surface area (Å²) in [5.74, 6) is 0. The highest BCUT2D eigenvalue weighted by atomic mass is 16.3. The van der Waals surface area contributed by atoms with Crippen LogP contribution in [0.3, 0.4) is 0 Å².